The largest absolute Gasteiger partial charge is 0.368 e. The van der Waals surface area contributed by atoms with Crippen molar-refractivity contribution in [3.05, 3.63) is 0 Å². The number of hydrogen-bond donors (Lipinski definition) is 4. The molecular formula is C7H16N4O2. The average molecular weight is 188 g/mol. The lowest BCUT2D eigenvalue weighted by Gasteiger charge is -2.12. The van der Waals surface area contributed by atoms with Gasteiger partial charge in [0, 0.05) is 0 Å². The standard InChI is InChI=1S/C7H16N4O2/c8-4-2-1-3-5(6(9)12)11-7(10)13/h5H,1-4,8H2,(H2,9,12)(H3,10,11,13). The van der Waals surface area contributed by atoms with Crippen molar-refractivity contribution in [2.24, 2.45) is 17.2 Å². The molecule has 0 bridgehead atoms. The highest BCUT2D eigenvalue weighted by atomic mass is 16.2. The van der Waals surface area contributed by atoms with Crippen molar-refractivity contribution in [3.8, 4) is 0 Å². The van der Waals surface area contributed by atoms with E-state index in [1.807, 2.05) is 0 Å². The molecule has 0 heterocycles. The Kier molecular flexibility index (Phi) is 5.62. The third-order valence-corrected chi connectivity index (χ3v) is 1.61. The van der Waals surface area contributed by atoms with E-state index < -0.39 is 18.0 Å². The lowest BCUT2D eigenvalue weighted by molar-refractivity contribution is -0.119. The lowest BCUT2D eigenvalue weighted by Crippen LogP contribution is -2.46. The molecule has 3 amide bonds. The molecule has 0 aliphatic carbocycles. The lowest BCUT2D eigenvalue weighted by atomic mass is 10.1. The second kappa shape index (κ2) is 6.24. The SMILES string of the molecule is NCCCCC(NC(N)=O)C(N)=O. The number of nitrogens with two attached hydrogens (primary N) is 3. The summed E-state index contributed by atoms with van der Waals surface area (Å²) < 4.78 is 0. The summed E-state index contributed by atoms with van der Waals surface area (Å²) in [6.45, 7) is 0.558. The zero-order valence-corrected chi connectivity index (χ0v) is 7.45. The van der Waals surface area contributed by atoms with Crippen LogP contribution in [0.5, 0.6) is 0 Å². The predicted molar refractivity (Wildman–Crippen MR) is 48.6 cm³/mol. The van der Waals surface area contributed by atoms with E-state index in [2.05, 4.69) is 5.32 Å². The van der Waals surface area contributed by atoms with Crippen molar-refractivity contribution >= 4 is 11.9 Å². The Morgan fingerprint density at radius 2 is 1.85 bits per heavy atom. The quantitative estimate of drug-likeness (QED) is 0.384. The molecule has 13 heavy (non-hydrogen) atoms. The highest BCUT2D eigenvalue weighted by Gasteiger charge is 2.15. The monoisotopic (exact) mass is 188 g/mol. The van der Waals surface area contributed by atoms with Crippen molar-refractivity contribution < 1.29 is 9.59 Å². The Labute approximate surface area is 76.8 Å². The van der Waals surface area contributed by atoms with Crippen LogP contribution in [0.3, 0.4) is 0 Å². The van der Waals surface area contributed by atoms with E-state index in [-0.39, 0.29) is 0 Å². The average Bonchev–Trinajstić information content (AvgIpc) is 2.02. The molecule has 1 atom stereocenters. The van der Waals surface area contributed by atoms with E-state index in [1.165, 1.54) is 0 Å². The number of urea groups is 1. The summed E-state index contributed by atoms with van der Waals surface area (Å²) in [5, 5.41) is 2.26. The smallest absolute Gasteiger partial charge is 0.312 e. The highest BCUT2D eigenvalue weighted by molar-refractivity contribution is 5.85. The molecule has 7 N–H and O–H groups in total. The van der Waals surface area contributed by atoms with Gasteiger partial charge in [0.2, 0.25) is 5.91 Å². The first-order valence-corrected chi connectivity index (χ1v) is 4.13. The number of nitrogens with one attached hydrogen (secondary N) is 1. The zero-order chi connectivity index (χ0) is 10.3. The third kappa shape index (κ3) is 5.92. The van der Waals surface area contributed by atoms with Crippen molar-refractivity contribution in [2.75, 3.05) is 6.54 Å². The maximum Gasteiger partial charge on any atom is 0.312 e. The van der Waals surface area contributed by atoms with Crippen LogP contribution in [0.25, 0.3) is 0 Å². The van der Waals surface area contributed by atoms with Crippen molar-refractivity contribution in [3.63, 3.8) is 0 Å². The zero-order valence-electron chi connectivity index (χ0n) is 7.45. The Balaban J connectivity index is 3.81. The minimum absolute atomic E-state index is 0.482. The Morgan fingerprint density at radius 1 is 1.23 bits per heavy atom. The van der Waals surface area contributed by atoms with Crippen LogP contribution >= 0.6 is 0 Å². The third-order valence-electron chi connectivity index (χ3n) is 1.61. The molecule has 6 heteroatoms. The Hall–Kier alpha value is -1.30. The number of primary amides is 2. The van der Waals surface area contributed by atoms with Crippen molar-refractivity contribution in [2.45, 2.75) is 25.3 Å². The molecule has 0 aliphatic heterocycles. The number of unbranched alkanes of at least 4 members (excludes halogenated alkanes) is 1. The van der Waals surface area contributed by atoms with E-state index in [0.29, 0.717) is 13.0 Å². The van der Waals surface area contributed by atoms with E-state index in [9.17, 15) is 9.59 Å². The second-order valence-electron chi connectivity index (χ2n) is 2.75. The number of amides is 3. The van der Waals surface area contributed by atoms with Gasteiger partial charge in [0.25, 0.3) is 0 Å². The minimum Gasteiger partial charge on any atom is -0.368 e. The Bertz CT molecular complexity index is 183. The fraction of sp³-hybridized carbons (Fsp3) is 0.714. The summed E-state index contributed by atoms with van der Waals surface area (Å²) in [5.74, 6) is -0.573. The van der Waals surface area contributed by atoms with E-state index in [1.54, 1.807) is 0 Å². The number of carbonyl (C=O) groups excluding carboxylic acids is 2. The van der Waals surface area contributed by atoms with E-state index in [4.69, 9.17) is 17.2 Å². The van der Waals surface area contributed by atoms with Crippen LogP contribution in [0.4, 0.5) is 4.79 Å². The number of rotatable bonds is 6. The van der Waals surface area contributed by atoms with Gasteiger partial charge in [0.15, 0.2) is 0 Å². The summed E-state index contributed by atoms with van der Waals surface area (Å²) in [4.78, 5) is 21.2. The van der Waals surface area contributed by atoms with Gasteiger partial charge >= 0.3 is 6.03 Å². The normalized spacial score (nSPS) is 12.1. The number of carbonyl (C=O) groups is 2. The van der Waals surface area contributed by atoms with Crippen molar-refractivity contribution in [1.29, 1.82) is 0 Å². The molecule has 0 saturated heterocycles. The van der Waals surface area contributed by atoms with Crippen LogP contribution in [-0.2, 0) is 4.79 Å². The summed E-state index contributed by atoms with van der Waals surface area (Å²) >= 11 is 0. The Morgan fingerprint density at radius 3 is 2.23 bits per heavy atom. The molecule has 0 spiro atoms. The summed E-state index contributed by atoms with van der Waals surface area (Å²) in [7, 11) is 0. The van der Waals surface area contributed by atoms with Gasteiger partial charge in [0.05, 0.1) is 0 Å². The first kappa shape index (κ1) is 11.7. The van der Waals surface area contributed by atoms with Crippen LogP contribution < -0.4 is 22.5 Å². The second-order valence-corrected chi connectivity index (χ2v) is 2.75. The first-order valence-electron chi connectivity index (χ1n) is 4.13. The van der Waals surface area contributed by atoms with Gasteiger partial charge in [-0.3, -0.25) is 4.79 Å². The molecule has 0 aromatic carbocycles. The highest BCUT2D eigenvalue weighted by Crippen LogP contribution is 1.99. The van der Waals surface area contributed by atoms with E-state index >= 15 is 0 Å². The molecule has 0 aromatic heterocycles. The predicted octanol–water partition coefficient (Wildman–Crippen LogP) is -1.36. The van der Waals surface area contributed by atoms with Gasteiger partial charge in [-0.05, 0) is 25.8 Å². The fourth-order valence-electron chi connectivity index (χ4n) is 0.950. The van der Waals surface area contributed by atoms with E-state index in [0.717, 1.165) is 12.8 Å². The minimum atomic E-state index is -0.739. The van der Waals surface area contributed by atoms with Crippen LogP contribution in [0, 0.1) is 0 Å². The van der Waals surface area contributed by atoms with Gasteiger partial charge in [0.1, 0.15) is 6.04 Å². The van der Waals surface area contributed by atoms with Crippen LogP contribution in [-0.4, -0.2) is 24.5 Å². The summed E-state index contributed by atoms with van der Waals surface area (Å²) in [5.41, 5.74) is 15.1. The summed E-state index contributed by atoms with van der Waals surface area (Å²) in [6.07, 6.45) is 2.02. The maximum atomic E-state index is 10.7. The molecule has 0 rings (SSSR count). The van der Waals surface area contributed by atoms with Crippen LogP contribution in [0.2, 0.25) is 0 Å². The van der Waals surface area contributed by atoms with Gasteiger partial charge in [-0.1, -0.05) is 0 Å². The van der Waals surface area contributed by atoms with Crippen LogP contribution in [0.1, 0.15) is 19.3 Å². The molecule has 6 nitrogen and oxygen atoms in total. The van der Waals surface area contributed by atoms with Gasteiger partial charge < -0.3 is 22.5 Å². The van der Waals surface area contributed by atoms with Gasteiger partial charge in [-0.25, -0.2) is 4.79 Å². The van der Waals surface area contributed by atoms with Crippen LogP contribution in [0.15, 0.2) is 0 Å². The molecule has 0 fully saturated rings. The molecule has 1 unspecified atom stereocenters. The first-order chi connectivity index (χ1) is 6.07. The number of hydrogen-bond acceptors (Lipinski definition) is 3. The molecule has 0 saturated carbocycles. The maximum absolute atomic E-state index is 10.7. The molecule has 0 radical (unpaired) electrons. The summed E-state index contributed by atoms with van der Waals surface area (Å²) in [6, 6.07) is -1.42. The topological polar surface area (TPSA) is 124 Å². The van der Waals surface area contributed by atoms with Crippen molar-refractivity contribution in [1.82, 2.24) is 5.32 Å². The molecule has 0 aliphatic rings. The fourth-order valence-corrected chi connectivity index (χ4v) is 0.950. The molecule has 0 aromatic rings. The molecule has 76 valence electrons. The molecular weight excluding hydrogens is 172 g/mol. The van der Waals surface area contributed by atoms with Gasteiger partial charge in [-0.2, -0.15) is 0 Å². The van der Waals surface area contributed by atoms with Gasteiger partial charge in [-0.15, -0.1) is 0 Å².